The normalized spacial score (nSPS) is 10.9. The highest BCUT2D eigenvalue weighted by Gasteiger charge is 2.10. The maximum Gasteiger partial charge on any atom is 0.335 e. The van der Waals surface area contributed by atoms with E-state index in [9.17, 15) is 4.79 Å². The summed E-state index contributed by atoms with van der Waals surface area (Å²) in [6.45, 7) is 0.329. The van der Waals surface area contributed by atoms with Crippen molar-refractivity contribution in [2.75, 3.05) is 7.11 Å². The third-order valence-corrected chi connectivity index (χ3v) is 4.91. The molecule has 0 radical (unpaired) electrons. The van der Waals surface area contributed by atoms with Crippen LogP contribution in [0.15, 0.2) is 66.7 Å². The van der Waals surface area contributed by atoms with Gasteiger partial charge in [-0.25, -0.2) is 4.79 Å². The molecule has 0 unspecified atom stereocenters. The van der Waals surface area contributed by atoms with Crippen molar-refractivity contribution in [3.8, 4) is 11.5 Å². The zero-order valence-electron chi connectivity index (χ0n) is 16.3. The number of methoxy groups -OCH3 is 1. The Morgan fingerprint density at radius 1 is 1.03 bits per heavy atom. The van der Waals surface area contributed by atoms with E-state index in [2.05, 4.69) is 0 Å². The standard InChI is InChI=1S/C24H20Cl2O4/c1-29-21-7-3-5-17(12-21)15-30-23-19(13-20(25)14-22(23)26)6-2-4-16-8-10-18(11-9-16)24(27)28/h2-3,5-14H,4,15H2,1H3,(H,27,28). The summed E-state index contributed by atoms with van der Waals surface area (Å²) >= 11 is 12.6. The number of ether oxygens (including phenoxy) is 2. The third kappa shape index (κ3) is 5.78. The zero-order valence-corrected chi connectivity index (χ0v) is 17.8. The Morgan fingerprint density at radius 3 is 2.50 bits per heavy atom. The molecule has 0 heterocycles. The highest BCUT2D eigenvalue weighted by molar-refractivity contribution is 6.35. The molecular weight excluding hydrogens is 423 g/mol. The molecule has 4 nitrogen and oxygen atoms in total. The SMILES string of the molecule is COc1cccc(COc2c(Cl)cc(Cl)cc2C=CCc2ccc(C(=O)O)cc2)c1. The van der Waals surface area contributed by atoms with Gasteiger partial charge in [-0.1, -0.05) is 59.6 Å². The molecule has 3 aromatic rings. The molecule has 1 N–H and O–H groups in total. The fraction of sp³-hybridized carbons (Fsp3) is 0.125. The monoisotopic (exact) mass is 442 g/mol. The highest BCUT2D eigenvalue weighted by Crippen LogP contribution is 2.34. The first-order valence-corrected chi connectivity index (χ1v) is 9.95. The van der Waals surface area contributed by atoms with E-state index in [-0.39, 0.29) is 5.56 Å². The van der Waals surface area contributed by atoms with Gasteiger partial charge >= 0.3 is 5.97 Å². The van der Waals surface area contributed by atoms with Gasteiger partial charge in [0.05, 0.1) is 17.7 Å². The van der Waals surface area contributed by atoms with Gasteiger partial charge in [0, 0.05) is 10.6 Å². The molecule has 0 bridgehead atoms. The Balaban J connectivity index is 1.75. The van der Waals surface area contributed by atoms with E-state index in [0.717, 1.165) is 22.4 Å². The number of hydrogen-bond acceptors (Lipinski definition) is 3. The van der Waals surface area contributed by atoms with Crippen LogP contribution in [0.5, 0.6) is 11.5 Å². The predicted molar refractivity (Wildman–Crippen MR) is 120 cm³/mol. The minimum atomic E-state index is -0.941. The molecule has 0 saturated carbocycles. The van der Waals surface area contributed by atoms with Crippen molar-refractivity contribution in [3.05, 3.63) is 99.0 Å². The first kappa shape index (κ1) is 21.8. The van der Waals surface area contributed by atoms with Gasteiger partial charge in [-0.3, -0.25) is 0 Å². The van der Waals surface area contributed by atoms with Crippen LogP contribution >= 0.6 is 23.2 Å². The average molecular weight is 443 g/mol. The summed E-state index contributed by atoms with van der Waals surface area (Å²) < 4.78 is 11.2. The van der Waals surface area contributed by atoms with Gasteiger partial charge in [0.15, 0.2) is 0 Å². The predicted octanol–water partition coefficient (Wildman–Crippen LogP) is 6.54. The number of hydrogen-bond donors (Lipinski definition) is 1. The van der Waals surface area contributed by atoms with Crippen LogP contribution in [0, 0.1) is 0 Å². The minimum Gasteiger partial charge on any atom is -0.497 e. The molecule has 0 aliphatic carbocycles. The number of benzene rings is 3. The van der Waals surface area contributed by atoms with Gasteiger partial charge in [-0.2, -0.15) is 0 Å². The highest BCUT2D eigenvalue weighted by atomic mass is 35.5. The molecule has 0 atom stereocenters. The Labute approximate surface area is 185 Å². The van der Waals surface area contributed by atoms with Gasteiger partial charge in [-0.05, 0) is 53.9 Å². The van der Waals surface area contributed by atoms with Crippen molar-refractivity contribution < 1.29 is 19.4 Å². The molecule has 0 saturated heterocycles. The number of rotatable bonds is 8. The molecule has 30 heavy (non-hydrogen) atoms. The molecule has 3 aromatic carbocycles. The number of carboxylic acids is 1. The zero-order chi connectivity index (χ0) is 21.5. The van der Waals surface area contributed by atoms with Crippen molar-refractivity contribution in [1.82, 2.24) is 0 Å². The quantitative estimate of drug-likeness (QED) is 0.430. The topological polar surface area (TPSA) is 55.8 Å². The van der Waals surface area contributed by atoms with Crippen LogP contribution < -0.4 is 9.47 Å². The van der Waals surface area contributed by atoms with Crippen LogP contribution in [-0.2, 0) is 13.0 Å². The third-order valence-electron chi connectivity index (χ3n) is 4.41. The van der Waals surface area contributed by atoms with E-state index in [4.69, 9.17) is 37.8 Å². The smallest absolute Gasteiger partial charge is 0.335 e. The molecule has 0 fully saturated rings. The van der Waals surface area contributed by atoms with E-state index >= 15 is 0 Å². The van der Waals surface area contributed by atoms with Crippen molar-refractivity contribution >= 4 is 35.2 Å². The summed E-state index contributed by atoms with van der Waals surface area (Å²) in [7, 11) is 1.62. The second-order valence-electron chi connectivity index (χ2n) is 6.55. The van der Waals surface area contributed by atoms with Crippen LogP contribution in [0.4, 0.5) is 0 Å². The van der Waals surface area contributed by atoms with Crippen LogP contribution in [0.3, 0.4) is 0 Å². The van der Waals surface area contributed by atoms with Crippen LogP contribution in [0.25, 0.3) is 6.08 Å². The van der Waals surface area contributed by atoms with E-state index in [1.807, 2.05) is 36.4 Å². The second kappa shape index (κ2) is 10.2. The van der Waals surface area contributed by atoms with Crippen LogP contribution in [0.2, 0.25) is 10.0 Å². The molecule has 154 valence electrons. The van der Waals surface area contributed by atoms with E-state index < -0.39 is 5.97 Å². The Kier molecular flexibility index (Phi) is 7.39. The maximum absolute atomic E-state index is 11.0. The molecule has 0 amide bonds. The number of aromatic carboxylic acids is 1. The number of allylic oxidation sites excluding steroid dienone is 1. The van der Waals surface area contributed by atoms with E-state index in [1.54, 1.807) is 43.5 Å². The Bertz CT molecular complexity index is 1060. The molecule has 0 aromatic heterocycles. The minimum absolute atomic E-state index is 0.262. The first-order chi connectivity index (χ1) is 14.5. The lowest BCUT2D eigenvalue weighted by molar-refractivity contribution is 0.0697. The summed E-state index contributed by atoms with van der Waals surface area (Å²) in [6, 6.07) is 17.8. The van der Waals surface area contributed by atoms with Crippen molar-refractivity contribution in [2.45, 2.75) is 13.0 Å². The van der Waals surface area contributed by atoms with Gasteiger partial charge in [-0.15, -0.1) is 0 Å². The largest absolute Gasteiger partial charge is 0.497 e. The average Bonchev–Trinajstić information content (AvgIpc) is 2.73. The van der Waals surface area contributed by atoms with Crippen molar-refractivity contribution in [3.63, 3.8) is 0 Å². The van der Waals surface area contributed by atoms with Crippen molar-refractivity contribution in [1.29, 1.82) is 0 Å². The lowest BCUT2D eigenvalue weighted by Gasteiger charge is -2.12. The number of carboxylic acid groups (broad SMARTS) is 1. The summed E-state index contributed by atoms with van der Waals surface area (Å²) in [5, 5.41) is 9.93. The second-order valence-corrected chi connectivity index (χ2v) is 7.40. The summed E-state index contributed by atoms with van der Waals surface area (Å²) in [4.78, 5) is 11.0. The van der Waals surface area contributed by atoms with E-state index in [0.29, 0.717) is 28.8 Å². The van der Waals surface area contributed by atoms with Gasteiger partial charge in [0.2, 0.25) is 0 Å². The lowest BCUT2D eigenvalue weighted by atomic mass is 10.1. The summed E-state index contributed by atoms with van der Waals surface area (Å²) in [5.41, 5.74) is 2.96. The summed E-state index contributed by atoms with van der Waals surface area (Å²) in [5.74, 6) is 0.359. The van der Waals surface area contributed by atoms with Gasteiger partial charge in [0.25, 0.3) is 0 Å². The Hall–Kier alpha value is -2.95. The van der Waals surface area contributed by atoms with E-state index in [1.165, 1.54) is 0 Å². The fourth-order valence-corrected chi connectivity index (χ4v) is 3.44. The lowest BCUT2D eigenvalue weighted by Crippen LogP contribution is -1.98. The number of halogens is 2. The van der Waals surface area contributed by atoms with Crippen molar-refractivity contribution in [2.24, 2.45) is 0 Å². The fourth-order valence-electron chi connectivity index (χ4n) is 2.88. The van der Waals surface area contributed by atoms with Crippen LogP contribution in [-0.4, -0.2) is 18.2 Å². The maximum atomic E-state index is 11.0. The molecule has 0 aliphatic heterocycles. The molecule has 6 heteroatoms. The van der Waals surface area contributed by atoms with Crippen LogP contribution in [0.1, 0.15) is 27.0 Å². The number of carbonyl (C=O) groups is 1. The molecule has 0 aliphatic rings. The molecule has 3 rings (SSSR count). The molecular formula is C24H20Cl2O4. The summed E-state index contributed by atoms with van der Waals surface area (Å²) in [6.07, 6.45) is 4.47. The molecule has 0 spiro atoms. The van der Waals surface area contributed by atoms with Gasteiger partial charge in [0.1, 0.15) is 18.1 Å². The Morgan fingerprint density at radius 2 is 1.80 bits per heavy atom. The first-order valence-electron chi connectivity index (χ1n) is 9.20. The van der Waals surface area contributed by atoms with Gasteiger partial charge < -0.3 is 14.6 Å².